The Labute approximate surface area is 96.7 Å². The number of rotatable bonds is 6. The summed E-state index contributed by atoms with van der Waals surface area (Å²) in [6.07, 6.45) is 4.56. The molecular weight excluding hydrogens is 206 g/mol. The maximum absolute atomic E-state index is 10.7. The second-order valence-corrected chi connectivity index (χ2v) is 4.10. The number of hydrogen-bond acceptors (Lipinski definition) is 3. The number of hydrogen-bond donors (Lipinski definition) is 2. The van der Waals surface area contributed by atoms with Gasteiger partial charge in [-0.3, -0.25) is 0 Å². The second-order valence-electron chi connectivity index (χ2n) is 4.10. The van der Waals surface area contributed by atoms with Crippen LogP contribution in [-0.4, -0.2) is 37.4 Å². The van der Waals surface area contributed by atoms with Crippen molar-refractivity contribution in [1.82, 2.24) is 5.32 Å². The van der Waals surface area contributed by atoms with Crippen LogP contribution in [0.2, 0.25) is 0 Å². The number of aliphatic carboxylic acids is 1. The van der Waals surface area contributed by atoms with Crippen molar-refractivity contribution in [2.24, 2.45) is 5.92 Å². The van der Waals surface area contributed by atoms with Gasteiger partial charge in [0.2, 0.25) is 0 Å². The molecule has 4 heteroatoms. The Kier molecular flexibility index (Phi) is 6.11. The molecule has 2 N–H and O–H groups in total. The summed E-state index contributed by atoms with van der Waals surface area (Å²) in [5, 5.41) is 12.1. The average Bonchev–Trinajstić information content (AvgIpc) is 2.30. The van der Waals surface area contributed by atoms with E-state index in [0.29, 0.717) is 24.5 Å². The molecule has 0 aliphatic carbocycles. The highest BCUT2D eigenvalue weighted by Crippen LogP contribution is 2.12. The third kappa shape index (κ3) is 4.77. The van der Waals surface area contributed by atoms with E-state index in [0.717, 1.165) is 32.6 Å². The first-order chi connectivity index (χ1) is 7.74. The van der Waals surface area contributed by atoms with Crippen LogP contribution in [0.5, 0.6) is 0 Å². The van der Waals surface area contributed by atoms with Gasteiger partial charge in [-0.1, -0.05) is 13.0 Å². The molecular formula is C12H21NO3. The smallest absolute Gasteiger partial charge is 0.331 e. The lowest BCUT2D eigenvalue weighted by molar-refractivity contribution is -0.132. The molecule has 1 rings (SSSR count). The first-order valence-corrected chi connectivity index (χ1v) is 5.94. The van der Waals surface area contributed by atoms with E-state index in [1.165, 1.54) is 0 Å². The Morgan fingerprint density at radius 2 is 2.19 bits per heavy atom. The van der Waals surface area contributed by atoms with Crippen LogP contribution in [0.25, 0.3) is 0 Å². The molecule has 0 amide bonds. The van der Waals surface area contributed by atoms with Crippen molar-refractivity contribution in [2.75, 3.05) is 26.3 Å². The van der Waals surface area contributed by atoms with E-state index >= 15 is 0 Å². The fourth-order valence-corrected chi connectivity index (χ4v) is 1.82. The van der Waals surface area contributed by atoms with Crippen LogP contribution in [0.4, 0.5) is 0 Å². The van der Waals surface area contributed by atoms with E-state index in [2.05, 4.69) is 5.32 Å². The number of ether oxygens (including phenoxy) is 1. The van der Waals surface area contributed by atoms with Gasteiger partial charge in [0, 0.05) is 25.3 Å². The van der Waals surface area contributed by atoms with Gasteiger partial charge in [-0.15, -0.1) is 0 Å². The summed E-state index contributed by atoms with van der Waals surface area (Å²) in [5.41, 5.74) is 0.486. The van der Waals surface area contributed by atoms with Crippen LogP contribution in [0.15, 0.2) is 11.6 Å². The van der Waals surface area contributed by atoms with Crippen molar-refractivity contribution >= 4 is 5.97 Å². The minimum Gasteiger partial charge on any atom is -0.478 e. The van der Waals surface area contributed by atoms with Gasteiger partial charge in [-0.25, -0.2) is 4.79 Å². The molecule has 4 nitrogen and oxygen atoms in total. The van der Waals surface area contributed by atoms with Crippen molar-refractivity contribution in [1.29, 1.82) is 0 Å². The zero-order valence-corrected chi connectivity index (χ0v) is 9.87. The van der Waals surface area contributed by atoms with E-state index in [-0.39, 0.29) is 0 Å². The molecule has 16 heavy (non-hydrogen) atoms. The molecule has 0 bridgehead atoms. The Morgan fingerprint density at radius 1 is 1.50 bits per heavy atom. The van der Waals surface area contributed by atoms with E-state index in [9.17, 15) is 4.79 Å². The highest BCUT2D eigenvalue weighted by Gasteiger charge is 2.12. The molecule has 0 spiro atoms. The van der Waals surface area contributed by atoms with Crippen molar-refractivity contribution < 1.29 is 14.6 Å². The standard InChI is InChI=1S/C12H21NO3/c1-2-11(12(14)15)3-6-13-9-10-4-7-16-8-5-10/h3,10,13H,2,4-9H2,1H3,(H,14,15). The summed E-state index contributed by atoms with van der Waals surface area (Å²) in [4.78, 5) is 10.7. The van der Waals surface area contributed by atoms with E-state index < -0.39 is 5.97 Å². The molecule has 0 saturated carbocycles. The molecule has 92 valence electrons. The van der Waals surface area contributed by atoms with E-state index in [1.807, 2.05) is 6.92 Å². The SMILES string of the molecule is CCC(=CCNCC1CCOCC1)C(=O)O. The summed E-state index contributed by atoms with van der Waals surface area (Å²) in [5.74, 6) is -0.132. The molecule has 1 heterocycles. The minimum atomic E-state index is -0.810. The maximum atomic E-state index is 10.7. The Bertz CT molecular complexity index is 245. The largest absolute Gasteiger partial charge is 0.478 e. The minimum absolute atomic E-state index is 0.486. The molecule has 1 aliphatic heterocycles. The van der Waals surface area contributed by atoms with Crippen molar-refractivity contribution in [3.05, 3.63) is 11.6 Å². The highest BCUT2D eigenvalue weighted by atomic mass is 16.5. The predicted molar refractivity (Wildman–Crippen MR) is 62.4 cm³/mol. The van der Waals surface area contributed by atoms with Gasteiger partial charge in [-0.2, -0.15) is 0 Å². The van der Waals surface area contributed by atoms with Crippen molar-refractivity contribution in [2.45, 2.75) is 26.2 Å². The summed E-state index contributed by atoms with van der Waals surface area (Å²) in [6, 6.07) is 0. The normalized spacial score (nSPS) is 18.7. The molecule has 0 radical (unpaired) electrons. The fourth-order valence-electron chi connectivity index (χ4n) is 1.82. The summed E-state index contributed by atoms with van der Waals surface area (Å²) in [7, 11) is 0. The highest BCUT2D eigenvalue weighted by molar-refractivity contribution is 5.86. The maximum Gasteiger partial charge on any atom is 0.331 e. The zero-order chi connectivity index (χ0) is 11.8. The fraction of sp³-hybridized carbons (Fsp3) is 0.750. The van der Waals surface area contributed by atoms with E-state index in [1.54, 1.807) is 6.08 Å². The van der Waals surface area contributed by atoms with Gasteiger partial charge < -0.3 is 15.2 Å². The van der Waals surface area contributed by atoms with Gasteiger partial charge in [0.05, 0.1) is 0 Å². The first kappa shape index (κ1) is 13.2. The Morgan fingerprint density at radius 3 is 2.75 bits per heavy atom. The monoisotopic (exact) mass is 227 g/mol. The second kappa shape index (κ2) is 7.41. The van der Waals surface area contributed by atoms with Crippen LogP contribution in [0.3, 0.4) is 0 Å². The van der Waals surface area contributed by atoms with E-state index in [4.69, 9.17) is 9.84 Å². The summed E-state index contributed by atoms with van der Waals surface area (Å²) in [6.45, 7) is 5.18. The zero-order valence-electron chi connectivity index (χ0n) is 9.87. The van der Waals surface area contributed by atoms with Gasteiger partial charge in [0.25, 0.3) is 0 Å². The van der Waals surface area contributed by atoms with Crippen LogP contribution < -0.4 is 5.32 Å². The third-order valence-electron chi connectivity index (χ3n) is 2.92. The van der Waals surface area contributed by atoms with Crippen LogP contribution >= 0.6 is 0 Å². The lowest BCUT2D eigenvalue weighted by atomic mass is 10.0. The molecule has 1 fully saturated rings. The van der Waals surface area contributed by atoms with Gasteiger partial charge >= 0.3 is 5.97 Å². The molecule has 1 aliphatic rings. The summed E-state index contributed by atoms with van der Waals surface area (Å²) < 4.78 is 5.28. The Hall–Kier alpha value is -0.870. The lowest BCUT2D eigenvalue weighted by Gasteiger charge is -2.21. The van der Waals surface area contributed by atoms with Crippen LogP contribution in [0, 0.1) is 5.92 Å². The average molecular weight is 227 g/mol. The molecule has 0 aromatic rings. The van der Waals surface area contributed by atoms with Gasteiger partial charge in [0.1, 0.15) is 0 Å². The number of carboxylic acid groups (broad SMARTS) is 1. The number of carboxylic acids is 1. The molecule has 0 aromatic heterocycles. The number of nitrogens with one attached hydrogen (secondary N) is 1. The van der Waals surface area contributed by atoms with Crippen LogP contribution in [0.1, 0.15) is 26.2 Å². The van der Waals surface area contributed by atoms with Gasteiger partial charge in [-0.05, 0) is 31.7 Å². The quantitative estimate of drug-likeness (QED) is 0.532. The molecule has 0 aromatic carbocycles. The summed E-state index contributed by atoms with van der Waals surface area (Å²) >= 11 is 0. The van der Waals surface area contributed by atoms with Crippen molar-refractivity contribution in [3.8, 4) is 0 Å². The first-order valence-electron chi connectivity index (χ1n) is 5.94. The third-order valence-corrected chi connectivity index (χ3v) is 2.92. The predicted octanol–water partition coefficient (Wildman–Crippen LogP) is 1.42. The van der Waals surface area contributed by atoms with Crippen molar-refractivity contribution in [3.63, 3.8) is 0 Å². The number of carbonyl (C=O) groups is 1. The Balaban J connectivity index is 2.16. The molecule has 0 unspecified atom stereocenters. The molecule has 0 atom stereocenters. The van der Waals surface area contributed by atoms with Crippen LogP contribution in [-0.2, 0) is 9.53 Å². The lowest BCUT2D eigenvalue weighted by Crippen LogP contribution is -2.28. The van der Waals surface area contributed by atoms with Gasteiger partial charge in [0.15, 0.2) is 0 Å². The molecule has 1 saturated heterocycles. The topological polar surface area (TPSA) is 58.6 Å².